The van der Waals surface area contributed by atoms with Gasteiger partial charge in [0.25, 0.3) is 0 Å². The van der Waals surface area contributed by atoms with Crippen molar-refractivity contribution in [3.63, 3.8) is 0 Å². The molecule has 1 unspecified atom stereocenters. The summed E-state index contributed by atoms with van der Waals surface area (Å²) in [6.07, 6.45) is 1.64. The predicted molar refractivity (Wildman–Crippen MR) is 45.3 cm³/mol. The van der Waals surface area contributed by atoms with Crippen molar-refractivity contribution in [2.75, 3.05) is 7.05 Å². The molecule has 0 fully saturated rings. The van der Waals surface area contributed by atoms with E-state index in [9.17, 15) is 0 Å². The van der Waals surface area contributed by atoms with E-state index in [1.54, 1.807) is 6.26 Å². The Hall–Kier alpha value is -1.27. The average molecular weight is 164 g/mol. The zero-order valence-electron chi connectivity index (χ0n) is 7.32. The zero-order valence-corrected chi connectivity index (χ0v) is 7.32. The third-order valence-corrected chi connectivity index (χ3v) is 1.83. The summed E-state index contributed by atoms with van der Waals surface area (Å²) in [5.74, 6) is 0.889. The number of furan rings is 1. The first-order valence-corrected chi connectivity index (χ1v) is 3.86. The minimum Gasteiger partial charge on any atom is -0.468 e. The van der Waals surface area contributed by atoms with Gasteiger partial charge in [0.2, 0.25) is 0 Å². The van der Waals surface area contributed by atoms with Gasteiger partial charge >= 0.3 is 0 Å². The highest BCUT2D eigenvalue weighted by molar-refractivity contribution is 4.99. The third-order valence-electron chi connectivity index (χ3n) is 1.83. The second-order valence-electron chi connectivity index (χ2n) is 2.80. The van der Waals surface area contributed by atoms with Crippen LogP contribution in [0.3, 0.4) is 0 Å². The topological polar surface area (TPSA) is 40.2 Å². The number of nitriles is 1. The Morgan fingerprint density at radius 3 is 3.00 bits per heavy atom. The van der Waals surface area contributed by atoms with Crippen LogP contribution in [-0.4, -0.2) is 18.0 Å². The van der Waals surface area contributed by atoms with Gasteiger partial charge in [0.1, 0.15) is 5.76 Å². The van der Waals surface area contributed by atoms with Crippen molar-refractivity contribution in [3.05, 3.63) is 24.2 Å². The summed E-state index contributed by atoms with van der Waals surface area (Å²) in [6.45, 7) is 2.55. The quantitative estimate of drug-likeness (QED) is 0.681. The Morgan fingerprint density at radius 2 is 2.50 bits per heavy atom. The molecule has 0 saturated heterocycles. The predicted octanol–water partition coefficient (Wildman–Crippen LogP) is 1.62. The summed E-state index contributed by atoms with van der Waals surface area (Å²) in [6, 6.07) is 5.84. The van der Waals surface area contributed by atoms with Crippen LogP contribution in [0.5, 0.6) is 0 Å². The van der Waals surface area contributed by atoms with E-state index in [1.807, 2.05) is 31.0 Å². The van der Waals surface area contributed by atoms with E-state index in [0.717, 1.165) is 5.76 Å². The Balaban J connectivity index is 2.48. The van der Waals surface area contributed by atoms with Gasteiger partial charge in [0, 0.05) is 0 Å². The largest absolute Gasteiger partial charge is 0.468 e. The Bertz CT molecular complexity index is 261. The van der Waals surface area contributed by atoms with E-state index in [4.69, 9.17) is 9.68 Å². The molecule has 1 atom stereocenters. The van der Waals surface area contributed by atoms with Gasteiger partial charge in [-0.25, -0.2) is 0 Å². The second kappa shape index (κ2) is 3.93. The highest BCUT2D eigenvalue weighted by Gasteiger charge is 2.08. The van der Waals surface area contributed by atoms with E-state index in [1.165, 1.54) is 0 Å². The van der Waals surface area contributed by atoms with E-state index in [-0.39, 0.29) is 6.04 Å². The van der Waals surface area contributed by atoms with E-state index < -0.39 is 0 Å². The third kappa shape index (κ3) is 2.11. The van der Waals surface area contributed by atoms with E-state index in [0.29, 0.717) is 6.54 Å². The number of nitrogens with zero attached hydrogens (tertiary/aromatic N) is 2. The average Bonchev–Trinajstić information content (AvgIpc) is 2.55. The monoisotopic (exact) mass is 164 g/mol. The highest BCUT2D eigenvalue weighted by atomic mass is 16.3. The molecule has 0 N–H and O–H groups in total. The lowest BCUT2D eigenvalue weighted by atomic mass is 10.3. The van der Waals surface area contributed by atoms with E-state index in [2.05, 4.69) is 6.07 Å². The molecule has 0 aliphatic carbocycles. The van der Waals surface area contributed by atoms with Gasteiger partial charge in [0.15, 0.2) is 0 Å². The molecule has 0 aliphatic rings. The summed E-state index contributed by atoms with van der Waals surface area (Å²) < 4.78 is 5.15. The Kier molecular flexibility index (Phi) is 2.89. The first-order valence-electron chi connectivity index (χ1n) is 3.86. The fourth-order valence-corrected chi connectivity index (χ4v) is 0.884. The van der Waals surface area contributed by atoms with Crippen molar-refractivity contribution in [3.8, 4) is 6.07 Å². The van der Waals surface area contributed by atoms with Crippen LogP contribution in [0.2, 0.25) is 0 Å². The maximum absolute atomic E-state index is 8.61. The van der Waals surface area contributed by atoms with Crippen molar-refractivity contribution in [1.82, 2.24) is 4.90 Å². The molecule has 0 bridgehead atoms. The molecule has 0 aliphatic heterocycles. The fourth-order valence-electron chi connectivity index (χ4n) is 0.884. The molecule has 0 aromatic carbocycles. The van der Waals surface area contributed by atoms with Gasteiger partial charge in [-0.3, -0.25) is 4.90 Å². The molecule has 1 aromatic rings. The van der Waals surface area contributed by atoms with Crippen LogP contribution < -0.4 is 0 Å². The van der Waals surface area contributed by atoms with Crippen LogP contribution in [0.1, 0.15) is 12.7 Å². The molecule has 3 heteroatoms. The van der Waals surface area contributed by atoms with Crippen LogP contribution >= 0.6 is 0 Å². The minimum absolute atomic E-state index is 0.0740. The van der Waals surface area contributed by atoms with Gasteiger partial charge in [-0.1, -0.05) is 0 Å². The van der Waals surface area contributed by atoms with Gasteiger partial charge in [-0.15, -0.1) is 0 Å². The summed E-state index contributed by atoms with van der Waals surface area (Å²) in [7, 11) is 1.90. The molecule has 0 saturated carbocycles. The van der Waals surface area contributed by atoms with E-state index >= 15 is 0 Å². The van der Waals surface area contributed by atoms with Crippen molar-refractivity contribution >= 4 is 0 Å². The maximum atomic E-state index is 8.61. The molecule has 3 nitrogen and oxygen atoms in total. The van der Waals surface area contributed by atoms with Gasteiger partial charge in [-0.05, 0) is 26.1 Å². The molecule has 1 rings (SSSR count). The normalized spacial score (nSPS) is 12.8. The first-order chi connectivity index (χ1) is 5.74. The van der Waals surface area contributed by atoms with Crippen LogP contribution in [-0.2, 0) is 6.54 Å². The molecule has 0 spiro atoms. The summed E-state index contributed by atoms with van der Waals surface area (Å²) in [4.78, 5) is 1.93. The molecule has 12 heavy (non-hydrogen) atoms. The molecule has 1 heterocycles. The van der Waals surface area contributed by atoms with Crippen molar-refractivity contribution < 1.29 is 4.42 Å². The summed E-state index contributed by atoms with van der Waals surface area (Å²) >= 11 is 0. The Labute approximate surface area is 72.2 Å². The fraction of sp³-hybridized carbons (Fsp3) is 0.444. The molecule has 0 amide bonds. The standard InChI is InChI=1S/C9H12N2O/c1-8(6-10)11(2)7-9-4-3-5-12-9/h3-5,8H,7H2,1-2H3. The maximum Gasteiger partial charge on any atom is 0.117 e. The SMILES string of the molecule is CC(C#N)N(C)Cc1ccco1. The zero-order chi connectivity index (χ0) is 8.97. The smallest absolute Gasteiger partial charge is 0.117 e. The van der Waals surface area contributed by atoms with Crippen LogP contribution in [0.25, 0.3) is 0 Å². The van der Waals surface area contributed by atoms with Crippen molar-refractivity contribution in [2.45, 2.75) is 19.5 Å². The molecule has 1 aromatic heterocycles. The summed E-state index contributed by atoms with van der Waals surface area (Å²) in [5, 5.41) is 8.61. The lowest BCUT2D eigenvalue weighted by molar-refractivity contribution is 0.268. The first kappa shape index (κ1) is 8.82. The highest BCUT2D eigenvalue weighted by Crippen LogP contribution is 2.05. The molecule has 0 radical (unpaired) electrons. The lowest BCUT2D eigenvalue weighted by Gasteiger charge is -2.16. The molecular formula is C9H12N2O. The van der Waals surface area contributed by atoms with Crippen molar-refractivity contribution in [2.24, 2.45) is 0 Å². The molecular weight excluding hydrogens is 152 g/mol. The number of hydrogen-bond acceptors (Lipinski definition) is 3. The summed E-state index contributed by atoms with van der Waals surface area (Å²) in [5.41, 5.74) is 0. The van der Waals surface area contributed by atoms with Crippen LogP contribution in [0, 0.1) is 11.3 Å². The second-order valence-corrected chi connectivity index (χ2v) is 2.80. The van der Waals surface area contributed by atoms with Crippen molar-refractivity contribution in [1.29, 1.82) is 5.26 Å². The van der Waals surface area contributed by atoms with Gasteiger partial charge in [0.05, 0.1) is 24.9 Å². The van der Waals surface area contributed by atoms with Gasteiger partial charge in [-0.2, -0.15) is 5.26 Å². The number of rotatable bonds is 3. The number of hydrogen-bond donors (Lipinski definition) is 0. The Morgan fingerprint density at radius 1 is 1.75 bits per heavy atom. The minimum atomic E-state index is -0.0740. The van der Waals surface area contributed by atoms with Crippen LogP contribution in [0.15, 0.2) is 22.8 Å². The molecule has 64 valence electrons. The lowest BCUT2D eigenvalue weighted by Crippen LogP contribution is -2.26. The van der Waals surface area contributed by atoms with Gasteiger partial charge < -0.3 is 4.42 Å². The van der Waals surface area contributed by atoms with Crippen LogP contribution in [0.4, 0.5) is 0 Å².